The van der Waals surface area contributed by atoms with Crippen molar-refractivity contribution >= 4 is 143 Å². The summed E-state index contributed by atoms with van der Waals surface area (Å²) in [6.07, 6.45) is 0. The predicted molar refractivity (Wildman–Crippen MR) is 289 cm³/mol. The van der Waals surface area contributed by atoms with Crippen molar-refractivity contribution in [2.45, 2.75) is 13.8 Å². The Balaban J connectivity index is 0.864. The molecule has 0 aliphatic carbocycles. The summed E-state index contributed by atoms with van der Waals surface area (Å²) in [6.45, 7) is 4.31. The lowest BCUT2D eigenvalue weighted by molar-refractivity contribution is 0.634. The highest BCUT2D eigenvalue weighted by atomic mass is 16.4. The monoisotopic (exact) mass is 900 g/mol. The average Bonchev–Trinajstić information content (AvgIpc) is 4.17. The molecule has 0 atom stereocenters. The summed E-state index contributed by atoms with van der Waals surface area (Å²) >= 11 is 0. The van der Waals surface area contributed by atoms with Gasteiger partial charge in [0, 0.05) is 65.8 Å². The first-order valence-corrected chi connectivity index (χ1v) is 23.7. The van der Waals surface area contributed by atoms with Crippen molar-refractivity contribution in [3.63, 3.8) is 0 Å². The van der Waals surface area contributed by atoms with Gasteiger partial charge in [0.05, 0.1) is 11.4 Å². The Bertz CT molecular complexity index is 4340. The number of rotatable bonds is 6. The quantitative estimate of drug-likeness (QED) is 0.166. The molecule has 330 valence electrons. The summed E-state index contributed by atoms with van der Waals surface area (Å²) in [5.41, 5.74) is 15.0. The zero-order valence-corrected chi connectivity index (χ0v) is 38.2. The van der Waals surface area contributed by atoms with E-state index in [2.05, 4.69) is 206 Å². The van der Waals surface area contributed by atoms with E-state index in [0.29, 0.717) is 0 Å². The average molecular weight is 901 g/mol. The number of furan rings is 4. The minimum absolute atomic E-state index is 0.742. The molecular weight excluding hydrogens is 861 g/mol. The molecule has 6 heteroatoms. The van der Waals surface area contributed by atoms with Crippen molar-refractivity contribution < 1.29 is 17.7 Å². The molecule has 0 unspecified atom stereocenters. The van der Waals surface area contributed by atoms with Crippen LogP contribution in [0.25, 0.3) is 109 Å². The van der Waals surface area contributed by atoms with Gasteiger partial charge in [-0.25, -0.2) is 0 Å². The van der Waals surface area contributed by atoms with E-state index in [1.54, 1.807) is 0 Å². The molecule has 0 N–H and O–H groups in total. The summed E-state index contributed by atoms with van der Waals surface area (Å²) < 4.78 is 27.0. The van der Waals surface area contributed by atoms with Crippen LogP contribution in [-0.2, 0) is 0 Å². The SMILES string of the molecule is Cc1ccc2c(oc3ccccc32)c1N(c1ccccc1)c1ccc2cc3c(cc2c1)oc1c3ccc2c3cc4ccc(N(c5ccccc5)c5c(C)ccc6c5oc5ccccc56)cc4cc3oc21. The van der Waals surface area contributed by atoms with Gasteiger partial charge in [0.15, 0.2) is 22.3 Å². The van der Waals surface area contributed by atoms with Crippen LogP contribution in [0.3, 0.4) is 0 Å². The third-order valence-electron chi connectivity index (χ3n) is 14.4. The molecule has 0 saturated carbocycles. The zero-order chi connectivity index (χ0) is 46.2. The lowest BCUT2D eigenvalue weighted by atomic mass is 10.0. The highest BCUT2D eigenvalue weighted by Crippen LogP contribution is 2.48. The second kappa shape index (κ2) is 14.6. The Morgan fingerprint density at radius 3 is 1.10 bits per heavy atom. The second-order valence-corrected chi connectivity index (χ2v) is 18.5. The zero-order valence-electron chi connectivity index (χ0n) is 38.2. The van der Waals surface area contributed by atoms with Crippen molar-refractivity contribution in [2.24, 2.45) is 0 Å². The van der Waals surface area contributed by atoms with E-state index in [9.17, 15) is 0 Å². The number of hydrogen-bond acceptors (Lipinski definition) is 6. The van der Waals surface area contributed by atoms with Gasteiger partial charge < -0.3 is 27.5 Å². The molecule has 4 aromatic heterocycles. The standard InChI is InChI=1S/C64H40N2O4/c1-37-21-27-49-47-17-9-11-19-55(47)67-61(49)59(37)65(43-13-5-3-6-14-43)45-25-23-39-33-53-51-29-30-52-54-34-40-24-26-46(32-42(40)36-58(54)70-64(52)63(51)69-57(53)35-41(39)31-45)66(44-15-7-4-8-16-44)60-38(2)22-28-50-48-18-10-12-20-56(48)68-62(50)60/h3-36H,1-2H3. The van der Waals surface area contributed by atoms with Crippen molar-refractivity contribution in [1.82, 2.24) is 0 Å². The normalized spacial score (nSPS) is 12.1. The molecular formula is C64H40N2O4. The van der Waals surface area contributed by atoms with Gasteiger partial charge >= 0.3 is 0 Å². The number of para-hydroxylation sites is 4. The van der Waals surface area contributed by atoms with Crippen LogP contribution in [0.2, 0.25) is 0 Å². The van der Waals surface area contributed by atoms with Gasteiger partial charge in [-0.2, -0.15) is 0 Å². The first-order chi connectivity index (χ1) is 34.5. The molecule has 15 rings (SSSR count). The Kier molecular flexibility index (Phi) is 8.10. The Hall–Kier alpha value is -9.26. The van der Waals surface area contributed by atoms with Crippen molar-refractivity contribution in [3.8, 4) is 0 Å². The summed E-state index contributed by atoms with van der Waals surface area (Å²) in [5.74, 6) is 0. The van der Waals surface area contributed by atoms with E-state index in [1.165, 1.54) is 0 Å². The topological polar surface area (TPSA) is 59.0 Å². The molecule has 6 nitrogen and oxygen atoms in total. The molecule has 0 aliphatic rings. The molecule has 4 heterocycles. The Morgan fingerprint density at radius 2 is 0.643 bits per heavy atom. The van der Waals surface area contributed by atoms with Gasteiger partial charge in [-0.3, -0.25) is 0 Å². The minimum atomic E-state index is 0.742. The van der Waals surface area contributed by atoms with E-state index in [1.807, 2.05) is 24.3 Å². The van der Waals surface area contributed by atoms with E-state index in [0.717, 1.165) is 155 Å². The van der Waals surface area contributed by atoms with Crippen LogP contribution in [0.15, 0.2) is 224 Å². The van der Waals surface area contributed by atoms with Gasteiger partial charge in [-0.05, 0) is 144 Å². The van der Waals surface area contributed by atoms with E-state index < -0.39 is 0 Å². The minimum Gasteiger partial charge on any atom is -0.454 e. The lowest BCUT2D eigenvalue weighted by Crippen LogP contribution is -2.11. The van der Waals surface area contributed by atoms with E-state index >= 15 is 0 Å². The molecule has 0 radical (unpaired) electrons. The van der Waals surface area contributed by atoms with Gasteiger partial charge in [0.2, 0.25) is 0 Å². The molecule has 0 saturated heterocycles. The highest BCUT2D eigenvalue weighted by Gasteiger charge is 2.25. The molecule has 0 aliphatic heterocycles. The largest absolute Gasteiger partial charge is 0.454 e. The fourth-order valence-electron chi connectivity index (χ4n) is 11.1. The summed E-state index contributed by atoms with van der Waals surface area (Å²) in [7, 11) is 0. The first-order valence-electron chi connectivity index (χ1n) is 23.7. The van der Waals surface area contributed by atoms with Crippen LogP contribution in [0, 0.1) is 13.8 Å². The fourth-order valence-corrected chi connectivity index (χ4v) is 11.1. The highest BCUT2D eigenvalue weighted by molar-refractivity contribution is 6.22. The van der Waals surface area contributed by atoms with E-state index in [4.69, 9.17) is 17.7 Å². The number of hydrogen-bond donors (Lipinski definition) is 0. The summed E-state index contributed by atoms with van der Waals surface area (Å²) in [6, 6.07) is 72.8. The molecule has 0 spiro atoms. The molecule has 0 amide bonds. The molecule has 70 heavy (non-hydrogen) atoms. The molecule has 11 aromatic carbocycles. The van der Waals surface area contributed by atoms with Crippen LogP contribution >= 0.6 is 0 Å². The fraction of sp³-hybridized carbons (Fsp3) is 0.0312. The van der Waals surface area contributed by atoms with Crippen LogP contribution in [0.5, 0.6) is 0 Å². The van der Waals surface area contributed by atoms with Gasteiger partial charge in [0.25, 0.3) is 0 Å². The van der Waals surface area contributed by atoms with Gasteiger partial charge in [-0.15, -0.1) is 0 Å². The smallest absolute Gasteiger partial charge is 0.178 e. The van der Waals surface area contributed by atoms with Crippen molar-refractivity contribution in [1.29, 1.82) is 0 Å². The van der Waals surface area contributed by atoms with Crippen LogP contribution in [-0.4, -0.2) is 0 Å². The van der Waals surface area contributed by atoms with E-state index in [-0.39, 0.29) is 0 Å². The van der Waals surface area contributed by atoms with Gasteiger partial charge in [-0.1, -0.05) is 109 Å². The summed E-state index contributed by atoms with van der Waals surface area (Å²) in [4.78, 5) is 4.63. The maximum absolute atomic E-state index is 6.86. The number of anilines is 6. The maximum atomic E-state index is 6.86. The van der Waals surface area contributed by atoms with Gasteiger partial charge in [0.1, 0.15) is 22.3 Å². The third kappa shape index (κ3) is 5.68. The Labute approximate surface area is 400 Å². The maximum Gasteiger partial charge on any atom is 0.178 e. The Morgan fingerprint density at radius 1 is 0.257 bits per heavy atom. The van der Waals surface area contributed by atoms with Crippen LogP contribution in [0.4, 0.5) is 34.1 Å². The second-order valence-electron chi connectivity index (χ2n) is 18.5. The number of aryl methyl sites for hydroxylation is 2. The number of fused-ring (bicyclic) bond motifs is 15. The third-order valence-corrected chi connectivity index (χ3v) is 14.4. The predicted octanol–water partition coefficient (Wildman–Crippen LogP) is 19.1. The molecule has 15 aromatic rings. The lowest BCUT2D eigenvalue weighted by Gasteiger charge is -2.27. The van der Waals surface area contributed by atoms with Crippen molar-refractivity contribution in [2.75, 3.05) is 9.80 Å². The summed E-state index contributed by atoms with van der Waals surface area (Å²) in [5, 5.41) is 12.9. The number of benzene rings is 11. The molecule has 0 fully saturated rings. The van der Waals surface area contributed by atoms with Crippen LogP contribution in [0.1, 0.15) is 11.1 Å². The van der Waals surface area contributed by atoms with Crippen LogP contribution < -0.4 is 9.80 Å². The molecule has 0 bridgehead atoms. The first kappa shape index (κ1) is 38.8. The number of nitrogens with zero attached hydrogens (tertiary/aromatic N) is 2. The van der Waals surface area contributed by atoms with Crippen molar-refractivity contribution in [3.05, 3.63) is 217 Å².